The van der Waals surface area contributed by atoms with Gasteiger partial charge in [-0.1, -0.05) is 18.2 Å². The van der Waals surface area contributed by atoms with Crippen LogP contribution in [0.1, 0.15) is 5.56 Å². The molecule has 0 spiro atoms. The van der Waals surface area contributed by atoms with Gasteiger partial charge in [-0.2, -0.15) is 0 Å². The summed E-state index contributed by atoms with van der Waals surface area (Å²) in [4.78, 5) is 0. The standard InChI is InChI=1S/C9H8ClFO/c10-6-2-3-7-8(11)4-1-5-9(7)12/h1-5,12H,6H2. The molecule has 1 rings (SSSR count). The molecule has 0 unspecified atom stereocenters. The van der Waals surface area contributed by atoms with Crippen LogP contribution in [0.15, 0.2) is 24.3 Å². The van der Waals surface area contributed by atoms with Crippen LogP contribution in [0.2, 0.25) is 0 Å². The van der Waals surface area contributed by atoms with Gasteiger partial charge in [0, 0.05) is 5.88 Å². The minimum absolute atomic E-state index is 0.0728. The van der Waals surface area contributed by atoms with E-state index >= 15 is 0 Å². The second-order valence-corrected chi connectivity index (χ2v) is 2.54. The normalized spacial score (nSPS) is 10.8. The SMILES string of the molecule is Oc1cccc(F)c1C=CCCl. The molecule has 0 radical (unpaired) electrons. The Morgan fingerprint density at radius 3 is 2.83 bits per heavy atom. The van der Waals surface area contributed by atoms with E-state index in [2.05, 4.69) is 0 Å². The molecule has 1 N–H and O–H groups in total. The third kappa shape index (κ3) is 1.98. The lowest BCUT2D eigenvalue weighted by Gasteiger charge is -1.98. The third-order valence-corrected chi connectivity index (χ3v) is 1.58. The average molecular weight is 187 g/mol. The lowest BCUT2D eigenvalue weighted by atomic mass is 10.2. The molecule has 0 heterocycles. The summed E-state index contributed by atoms with van der Waals surface area (Å²) in [5.41, 5.74) is 0.179. The first-order chi connectivity index (χ1) is 5.75. The van der Waals surface area contributed by atoms with E-state index < -0.39 is 5.82 Å². The molecule has 0 aliphatic heterocycles. The highest BCUT2D eigenvalue weighted by molar-refractivity contribution is 6.19. The summed E-state index contributed by atoms with van der Waals surface area (Å²) in [5, 5.41) is 9.18. The molecule has 0 fully saturated rings. The summed E-state index contributed by atoms with van der Waals surface area (Å²) in [6.45, 7) is 0. The number of aromatic hydroxyl groups is 1. The summed E-state index contributed by atoms with van der Waals surface area (Å²) >= 11 is 5.37. The van der Waals surface area contributed by atoms with Crippen molar-refractivity contribution in [1.82, 2.24) is 0 Å². The van der Waals surface area contributed by atoms with Crippen LogP contribution < -0.4 is 0 Å². The molecule has 0 aliphatic rings. The Bertz CT molecular complexity index is 276. The molecule has 64 valence electrons. The van der Waals surface area contributed by atoms with Crippen LogP contribution in [0.3, 0.4) is 0 Å². The van der Waals surface area contributed by atoms with Crippen LogP contribution in [0.4, 0.5) is 4.39 Å². The fraction of sp³-hybridized carbons (Fsp3) is 0.111. The number of phenolic OH excluding ortho intramolecular Hbond substituents is 1. The van der Waals surface area contributed by atoms with Crippen molar-refractivity contribution in [3.8, 4) is 5.75 Å². The number of phenols is 1. The second kappa shape index (κ2) is 4.12. The zero-order valence-electron chi connectivity index (χ0n) is 6.30. The van der Waals surface area contributed by atoms with Gasteiger partial charge in [-0.15, -0.1) is 11.6 Å². The Morgan fingerprint density at radius 2 is 2.25 bits per heavy atom. The summed E-state index contributed by atoms with van der Waals surface area (Å²) < 4.78 is 12.9. The van der Waals surface area contributed by atoms with Gasteiger partial charge in [-0.05, 0) is 12.1 Å². The van der Waals surface area contributed by atoms with Crippen molar-refractivity contribution in [1.29, 1.82) is 0 Å². The van der Waals surface area contributed by atoms with Crippen molar-refractivity contribution in [3.63, 3.8) is 0 Å². The van der Waals surface area contributed by atoms with Crippen molar-refractivity contribution >= 4 is 17.7 Å². The molecule has 0 amide bonds. The van der Waals surface area contributed by atoms with E-state index in [1.54, 1.807) is 6.08 Å². The molecule has 1 aromatic carbocycles. The molecule has 3 heteroatoms. The molecule has 1 aromatic rings. The Kier molecular flexibility index (Phi) is 3.11. The van der Waals surface area contributed by atoms with Gasteiger partial charge < -0.3 is 5.11 Å². The lowest BCUT2D eigenvalue weighted by molar-refractivity contribution is 0.467. The largest absolute Gasteiger partial charge is 0.507 e. The number of allylic oxidation sites excluding steroid dienone is 1. The van der Waals surface area contributed by atoms with E-state index in [0.717, 1.165) is 0 Å². The molecule has 0 saturated heterocycles. The van der Waals surface area contributed by atoms with Crippen molar-refractivity contribution in [2.45, 2.75) is 0 Å². The van der Waals surface area contributed by atoms with Crippen molar-refractivity contribution in [2.75, 3.05) is 5.88 Å². The fourth-order valence-corrected chi connectivity index (χ4v) is 0.942. The first-order valence-corrected chi connectivity index (χ1v) is 3.99. The van der Waals surface area contributed by atoms with Gasteiger partial charge in [0.2, 0.25) is 0 Å². The van der Waals surface area contributed by atoms with Gasteiger partial charge in [0.05, 0.1) is 5.56 Å². The number of benzene rings is 1. The summed E-state index contributed by atoms with van der Waals surface area (Å²) in [5.74, 6) is -0.221. The first kappa shape index (κ1) is 9.07. The topological polar surface area (TPSA) is 20.2 Å². The fourth-order valence-electron chi connectivity index (χ4n) is 0.853. The monoisotopic (exact) mass is 186 g/mol. The Balaban J connectivity index is 3.04. The summed E-state index contributed by atoms with van der Waals surface area (Å²) in [6.07, 6.45) is 3.03. The van der Waals surface area contributed by atoms with E-state index in [0.29, 0.717) is 5.88 Å². The molecule has 0 saturated carbocycles. The van der Waals surface area contributed by atoms with Gasteiger partial charge in [0.25, 0.3) is 0 Å². The van der Waals surface area contributed by atoms with Crippen molar-refractivity contribution in [3.05, 3.63) is 35.7 Å². The predicted molar refractivity (Wildman–Crippen MR) is 47.8 cm³/mol. The van der Waals surface area contributed by atoms with Gasteiger partial charge in [0.15, 0.2) is 0 Å². The summed E-state index contributed by atoms with van der Waals surface area (Å²) in [7, 11) is 0. The minimum Gasteiger partial charge on any atom is -0.507 e. The molecular weight excluding hydrogens is 179 g/mol. The molecule has 0 aliphatic carbocycles. The number of alkyl halides is 1. The maximum atomic E-state index is 12.9. The Morgan fingerprint density at radius 1 is 1.50 bits per heavy atom. The first-order valence-electron chi connectivity index (χ1n) is 3.45. The Hall–Kier alpha value is -1.02. The van der Waals surface area contributed by atoms with Gasteiger partial charge >= 0.3 is 0 Å². The Labute approximate surface area is 75.1 Å². The highest BCUT2D eigenvalue weighted by Gasteiger charge is 2.01. The number of hydrogen-bond donors (Lipinski definition) is 1. The van der Waals surface area contributed by atoms with Crippen LogP contribution in [0.5, 0.6) is 5.75 Å². The molecule has 0 atom stereocenters. The smallest absolute Gasteiger partial charge is 0.134 e. The number of rotatable bonds is 2. The van der Waals surface area contributed by atoms with Gasteiger partial charge in [0.1, 0.15) is 11.6 Å². The predicted octanol–water partition coefficient (Wildman–Crippen LogP) is 2.78. The number of halogens is 2. The quantitative estimate of drug-likeness (QED) is 0.705. The zero-order valence-corrected chi connectivity index (χ0v) is 7.05. The van der Waals surface area contributed by atoms with Crippen molar-refractivity contribution in [2.24, 2.45) is 0 Å². The highest BCUT2D eigenvalue weighted by Crippen LogP contribution is 2.20. The van der Waals surface area contributed by atoms with Crippen molar-refractivity contribution < 1.29 is 9.50 Å². The van der Waals surface area contributed by atoms with Gasteiger partial charge in [-0.25, -0.2) is 4.39 Å². The van der Waals surface area contributed by atoms with Crippen LogP contribution >= 0.6 is 11.6 Å². The van der Waals surface area contributed by atoms with E-state index in [4.69, 9.17) is 11.6 Å². The highest BCUT2D eigenvalue weighted by atomic mass is 35.5. The molecular formula is C9H8ClFO. The van der Waals surface area contributed by atoms with Crippen LogP contribution in [0.25, 0.3) is 6.08 Å². The van der Waals surface area contributed by atoms with E-state index in [1.807, 2.05) is 0 Å². The molecule has 1 nitrogen and oxygen atoms in total. The molecule has 0 aromatic heterocycles. The van der Waals surface area contributed by atoms with Crippen LogP contribution in [-0.2, 0) is 0 Å². The lowest BCUT2D eigenvalue weighted by Crippen LogP contribution is -1.81. The van der Waals surface area contributed by atoms with Gasteiger partial charge in [-0.3, -0.25) is 0 Å². The van der Waals surface area contributed by atoms with Crippen LogP contribution in [0, 0.1) is 5.82 Å². The van der Waals surface area contributed by atoms with E-state index in [9.17, 15) is 9.50 Å². The van der Waals surface area contributed by atoms with Crippen LogP contribution in [-0.4, -0.2) is 11.0 Å². The zero-order chi connectivity index (χ0) is 8.97. The maximum Gasteiger partial charge on any atom is 0.134 e. The second-order valence-electron chi connectivity index (χ2n) is 2.23. The summed E-state index contributed by atoms with van der Waals surface area (Å²) in [6, 6.07) is 4.16. The number of hydrogen-bond acceptors (Lipinski definition) is 1. The molecule has 0 bridgehead atoms. The van der Waals surface area contributed by atoms with E-state index in [1.165, 1.54) is 24.3 Å². The maximum absolute atomic E-state index is 12.9. The van der Waals surface area contributed by atoms with E-state index in [-0.39, 0.29) is 11.3 Å². The average Bonchev–Trinajstić information content (AvgIpc) is 2.04. The molecule has 12 heavy (non-hydrogen) atoms. The third-order valence-electron chi connectivity index (χ3n) is 1.40. The minimum atomic E-state index is -0.448.